The minimum atomic E-state index is -0.667. The van der Waals surface area contributed by atoms with E-state index in [0.29, 0.717) is 37.8 Å². The second-order valence-corrected chi connectivity index (χ2v) is 7.72. The van der Waals surface area contributed by atoms with Crippen molar-refractivity contribution in [3.8, 4) is 11.5 Å². The van der Waals surface area contributed by atoms with Crippen molar-refractivity contribution in [2.75, 3.05) is 31.7 Å². The van der Waals surface area contributed by atoms with Crippen LogP contribution in [0, 0.1) is 0 Å². The van der Waals surface area contributed by atoms with Crippen LogP contribution in [0.1, 0.15) is 24.8 Å². The van der Waals surface area contributed by atoms with Crippen molar-refractivity contribution < 1.29 is 19.4 Å². The Bertz CT molecular complexity index is 835. The third-order valence-electron chi connectivity index (χ3n) is 5.51. The van der Waals surface area contributed by atoms with Crippen LogP contribution in [-0.4, -0.2) is 54.9 Å². The van der Waals surface area contributed by atoms with Gasteiger partial charge in [-0.15, -0.1) is 0 Å². The smallest absolute Gasteiger partial charge is 0.224 e. The van der Waals surface area contributed by atoms with E-state index in [0.717, 1.165) is 29.8 Å². The molecule has 1 heterocycles. The number of rotatable bonds is 7. The normalized spacial score (nSPS) is 17.9. The Morgan fingerprint density at radius 2 is 1.83 bits per heavy atom. The van der Waals surface area contributed by atoms with Gasteiger partial charge in [-0.1, -0.05) is 18.2 Å². The van der Waals surface area contributed by atoms with E-state index in [1.807, 2.05) is 41.3 Å². The molecule has 4 rings (SSSR count). The van der Waals surface area contributed by atoms with Gasteiger partial charge in [-0.05, 0) is 48.7 Å². The number of methoxy groups -OCH3 is 1. The van der Waals surface area contributed by atoms with Gasteiger partial charge in [0.2, 0.25) is 5.91 Å². The Hall–Kier alpha value is -2.73. The standard InChI is InChI=1S/C23H28N2O4/c1-28-20-8-10-21(11-9-20)29-16-19(26)15-24-13-12-23(27)25(18-6-7-18)14-17-4-2-3-5-22(17)24/h2-5,8-11,18-19,26H,6-7,12-16H2,1H3. The predicted molar refractivity (Wildman–Crippen MR) is 111 cm³/mol. The molecule has 0 spiro atoms. The average Bonchev–Trinajstić information content (AvgIpc) is 3.58. The van der Waals surface area contributed by atoms with Crippen molar-refractivity contribution >= 4 is 11.6 Å². The highest BCUT2D eigenvalue weighted by molar-refractivity contribution is 5.78. The van der Waals surface area contributed by atoms with Gasteiger partial charge in [0.05, 0.1) is 7.11 Å². The van der Waals surface area contributed by atoms with Gasteiger partial charge in [0, 0.05) is 37.8 Å². The first-order valence-electron chi connectivity index (χ1n) is 10.2. The molecule has 6 heteroatoms. The lowest BCUT2D eigenvalue weighted by atomic mass is 10.1. The second kappa shape index (κ2) is 8.74. The van der Waals surface area contributed by atoms with Crippen molar-refractivity contribution in [2.45, 2.75) is 38.0 Å². The number of aliphatic hydroxyl groups is 1. The number of hydrogen-bond acceptors (Lipinski definition) is 5. The highest BCUT2D eigenvalue weighted by Gasteiger charge is 2.34. The summed E-state index contributed by atoms with van der Waals surface area (Å²) in [7, 11) is 1.62. The number of β-amino-alcohol motifs (C(OH)–C–C–N with tert-alkyl or cyclic N) is 1. The van der Waals surface area contributed by atoms with E-state index in [1.54, 1.807) is 7.11 Å². The number of fused-ring (bicyclic) bond motifs is 1. The minimum absolute atomic E-state index is 0.188. The van der Waals surface area contributed by atoms with Gasteiger partial charge in [0.25, 0.3) is 0 Å². The predicted octanol–water partition coefficient (Wildman–Crippen LogP) is 2.84. The minimum Gasteiger partial charge on any atom is -0.497 e. The van der Waals surface area contributed by atoms with Crippen LogP contribution in [0.15, 0.2) is 48.5 Å². The number of para-hydroxylation sites is 1. The average molecular weight is 396 g/mol. The fourth-order valence-corrected chi connectivity index (χ4v) is 3.80. The summed E-state index contributed by atoms with van der Waals surface area (Å²) in [4.78, 5) is 16.8. The highest BCUT2D eigenvalue weighted by atomic mass is 16.5. The largest absolute Gasteiger partial charge is 0.497 e. The maximum Gasteiger partial charge on any atom is 0.224 e. The lowest BCUT2D eigenvalue weighted by Gasteiger charge is -2.34. The first-order chi connectivity index (χ1) is 14.1. The summed E-state index contributed by atoms with van der Waals surface area (Å²) in [6, 6.07) is 15.9. The van der Waals surface area contributed by atoms with E-state index >= 15 is 0 Å². The number of anilines is 1. The van der Waals surface area contributed by atoms with Crippen LogP contribution >= 0.6 is 0 Å². The lowest BCUT2D eigenvalue weighted by molar-refractivity contribution is -0.132. The molecule has 154 valence electrons. The van der Waals surface area contributed by atoms with Gasteiger partial charge in [-0.3, -0.25) is 4.79 Å². The zero-order chi connectivity index (χ0) is 20.2. The molecule has 0 aromatic heterocycles. The molecule has 29 heavy (non-hydrogen) atoms. The fraction of sp³-hybridized carbons (Fsp3) is 0.435. The number of carbonyl (C=O) groups is 1. The Morgan fingerprint density at radius 1 is 1.10 bits per heavy atom. The monoisotopic (exact) mass is 396 g/mol. The molecule has 1 atom stereocenters. The molecule has 1 aliphatic carbocycles. The number of aliphatic hydroxyl groups excluding tert-OH is 1. The summed E-state index contributed by atoms with van der Waals surface area (Å²) in [5.41, 5.74) is 2.23. The van der Waals surface area contributed by atoms with Crippen molar-refractivity contribution in [1.82, 2.24) is 4.90 Å². The van der Waals surface area contributed by atoms with Gasteiger partial charge in [0.1, 0.15) is 24.2 Å². The first-order valence-corrected chi connectivity index (χ1v) is 10.2. The molecular weight excluding hydrogens is 368 g/mol. The van der Waals surface area contributed by atoms with E-state index in [-0.39, 0.29) is 12.5 Å². The van der Waals surface area contributed by atoms with E-state index in [9.17, 15) is 9.90 Å². The van der Waals surface area contributed by atoms with Crippen LogP contribution in [-0.2, 0) is 11.3 Å². The molecule has 1 fully saturated rings. The Labute approximate surface area is 171 Å². The topological polar surface area (TPSA) is 62.2 Å². The fourth-order valence-electron chi connectivity index (χ4n) is 3.80. The molecule has 1 saturated carbocycles. The molecule has 2 aromatic rings. The number of nitrogens with zero attached hydrogens (tertiary/aromatic N) is 2. The first kappa shape index (κ1) is 19.6. The molecule has 1 aliphatic heterocycles. The maximum absolute atomic E-state index is 12.7. The molecule has 1 amide bonds. The Morgan fingerprint density at radius 3 is 2.55 bits per heavy atom. The molecule has 0 saturated heterocycles. The summed E-state index contributed by atoms with van der Waals surface area (Å²) in [6.45, 7) is 1.85. The van der Waals surface area contributed by atoms with Crippen LogP contribution < -0.4 is 14.4 Å². The lowest BCUT2D eigenvalue weighted by Crippen LogP contribution is -2.42. The SMILES string of the molecule is COc1ccc(OCC(O)CN2CCC(=O)N(C3CC3)Cc3ccccc32)cc1. The Kier molecular flexibility index (Phi) is 5.90. The van der Waals surface area contributed by atoms with Gasteiger partial charge in [-0.25, -0.2) is 0 Å². The molecule has 0 radical (unpaired) electrons. The van der Waals surface area contributed by atoms with Gasteiger partial charge in [-0.2, -0.15) is 0 Å². The van der Waals surface area contributed by atoms with Crippen molar-refractivity contribution in [3.63, 3.8) is 0 Å². The molecule has 1 N–H and O–H groups in total. The zero-order valence-electron chi connectivity index (χ0n) is 16.8. The van der Waals surface area contributed by atoms with Crippen molar-refractivity contribution in [3.05, 3.63) is 54.1 Å². The second-order valence-electron chi connectivity index (χ2n) is 7.72. The molecule has 0 bridgehead atoms. The quantitative estimate of drug-likeness (QED) is 0.780. The zero-order valence-corrected chi connectivity index (χ0v) is 16.8. The number of ether oxygens (including phenoxy) is 2. The number of amides is 1. The third-order valence-corrected chi connectivity index (χ3v) is 5.51. The summed E-state index contributed by atoms with van der Waals surface area (Å²) in [5, 5.41) is 10.6. The van der Waals surface area contributed by atoms with Crippen LogP contribution in [0.3, 0.4) is 0 Å². The van der Waals surface area contributed by atoms with Crippen LogP contribution in [0.5, 0.6) is 11.5 Å². The van der Waals surface area contributed by atoms with E-state index < -0.39 is 6.10 Å². The van der Waals surface area contributed by atoms with E-state index in [4.69, 9.17) is 9.47 Å². The van der Waals surface area contributed by atoms with Crippen LogP contribution in [0.25, 0.3) is 0 Å². The molecule has 6 nitrogen and oxygen atoms in total. The van der Waals surface area contributed by atoms with Crippen LogP contribution in [0.2, 0.25) is 0 Å². The number of carbonyl (C=O) groups excluding carboxylic acids is 1. The Balaban J connectivity index is 1.41. The molecule has 2 aromatic carbocycles. The van der Waals surface area contributed by atoms with Crippen LogP contribution in [0.4, 0.5) is 5.69 Å². The molecule has 1 unspecified atom stereocenters. The van der Waals surface area contributed by atoms with E-state index in [1.165, 1.54) is 0 Å². The van der Waals surface area contributed by atoms with Crippen molar-refractivity contribution in [2.24, 2.45) is 0 Å². The van der Waals surface area contributed by atoms with Gasteiger partial charge < -0.3 is 24.4 Å². The summed E-state index contributed by atoms with van der Waals surface area (Å²) < 4.78 is 10.9. The van der Waals surface area contributed by atoms with Gasteiger partial charge in [0.15, 0.2) is 0 Å². The number of benzene rings is 2. The summed E-state index contributed by atoms with van der Waals surface area (Å²) in [5.74, 6) is 1.66. The van der Waals surface area contributed by atoms with Gasteiger partial charge >= 0.3 is 0 Å². The highest BCUT2D eigenvalue weighted by Crippen LogP contribution is 2.33. The molecular formula is C23H28N2O4. The third kappa shape index (κ3) is 4.82. The van der Waals surface area contributed by atoms with Crippen molar-refractivity contribution in [1.29, 1.82) is 0 Å². The maximum atomic E-state index is 12.7. The summed E-state index contributed by atoms with van der Waals surface area (Å²) in [6.07, 6.45) is 2.02. The number of hydrogen-bond donors (Lipinski definition) is 1. The summed E-state index contributed by atoms with van der Waals surface area (Å²) >= 11 is 0. The van der Waals surface area contributed by atoms with E-state index in [2.05, 4.69) is 17.0 Å². The molecule has 2 aliphatic rings.